The predicted molar refractivity (Wildman–Crippen MR) is 76.8 cm³/mol. The Kier molecular flexibility index (Phi) is 3.21. The molecule has 18 heavy (non-hydrogen) atoms. The molecular formula is C16H20ClN. The van der Waals surface area contributed by atoms with E-state index in [2.05, 4.69) is 37.1 Å². The zero-order valence-electron chi connectivity index (χ0n) is 11.1. The van der Waals surface area contributed by atoms with Gasteiger partial charge in [0.2, 0.25) is 0 Å². The van der Waals surface area contributed by atoms with E-state index in [0.29, 0.717) is 12.0 Å². The molecule has 0 spiro atoms. The summed E-state index contributed by atoms with van der Waals surface area (Å²) in [7, 11) is 2.26. The van der Waals surface area contributed by atoms with Gasteiger partial charge in [-0.05, 0) is 56.3 Å². The molecule has 0 aromatic heterocycles. The molecule has 0 N–H and O–H groups in total. The van der Waals surface area contributed by atoms with Crippen LogP contribution in [0.2, 0.25) is 5.02 Å². The SMILES string of the molecule is CC1=CCC2CC1C(c1ccc(Cl)cc1)N(C)C2. The van der Waals surface area contributed by atoms with Crippen molar-refractivity contribution in [1.29, 1.82) is 0 Å². The number of fused-ring (bicyclic) bond motifs is 2. The molecule has 96 valence electrons. The molecule has 2 heteroatoms. The van der Waals surface area contributed by atoms with Crippen LogP contribution in [0.1, 0.15) is 31.4 Å². The monoisotopic (exact) mass is 261 g/mol. The maximum absolute atomic E-state index is 6.00. The average molecular weight is 262 g/mol. The Labute approximate surface area is 114 Å². The number of piperidine rings is 1. The van der Waals surface area contributed by atoms with Gasteiger partial charge in [-0.25, -0.2) is 0 Å². The van der Waals surface area contributed by atoms with Gasteiger partial charge in [0.25, 0.3) is 0 Å². The Bertz CT molecular complexity index is 462. The van der Waals surface area contributed by atoms with Crippen molar-refractivity contribution in [1.82, 2.24) is 4.90 Å². The van der Waals surface area contributed by atoms with Crippen molar-refractivity contribution in [3.63, 3.8) is 0 Å². The van der Waals surface area contributed by atoms with Crippen LogP contribution >= 0.6 is 11.6 Å². The van der Waals surface area contributed by atoms with Crippen LogP contribution in [0, 0.1) is 11.8 Å². The lowest BCUT2D eigenvalue weighted by Crippen LogP contribution is -2.42. The van der Waals surface area contributed by atoms with Crippen LogP contribution in [-0.4, -0.2) is 18.5 Å². The predicted octanol–water partition coefficient (Wildman–Crippen LogP) is 4.30. The Morgan fingerprint density at radius 2 is 1.94 bits per heavy atom. The van der Waals surface area contributed by atoms with Gasteiger partial charge in [-0.15, -0.1) is 0 Å². The fourth-order valence-corrected chi connectivity index (χ4v) is 3.77. The maximum atomic E-state index is 6.00. The minimum atomic E-state index is 0.523. The van der Waals surface area contributed by atoms with Crippen molar-refractivity contribution < 1.29 is 0 Å². The third-order valence-electron chi connectivity index (χ3n) is 4.56. The quantitative estimate of drug-likeness (QED) is 0.682. The van der Waals surface area contributed by atoms with Gasteiger partial charge in [-0.3, -0.25) is 4.90 Å². The first kappa shape index (κ1) is 12.3. The second-order valence-electron chi connectivity index (χ2n) is 5.83. The fourth-order valence-electron chi connectivity index (χ4n) is 3.65. The third-order valence-corrected chi connectivity index (χ3v) is 4.81. The molecule has 3 unspecified atom stereocenters. The summed E-state index contributed by atoms with van der Waals surface area (Å²) in [5.41, 5.74) is 2.97. The highest BCUT2D eigenvalue weighted by Gasteiger charge is 2.37. The van der Waals surface area contributed by atoms with Gasteiger partial charge in [0.15, 0.2) is 0 Å². The lowest BCUT2D eigenvalue weighted by molar-refractivity contribution is 0.0880. The van der Waals surface area contributed by atoms with Gasteiger partial charge in [-0.2, -0.15) is 0 Å². The first-order chi connectivity index (χ1) is 8.65. The lowest BCUT2D eigenvalue weighted by Gasteiger charge is -2.46. The first-order valence-corrected chi connectivity index (χ1v) is 7.15. The van der Waals surface area contributed by atoms with Crippen LogP contribution in [0.3, 0.4) is 0 Å². The van der Waals surface area contributed by atoms with Gasteiger partial charge in [-0.1, -0.05) is 35.4 Å². The number of hydrogen-bond acceptors (Lipinski definition) is 1. The Balaban J connectivity index is 1.96. The number of rotatable bonds is 1. The summed E-state index contributed by atoms with van der Waals surface area (Å²) >= 11 is 6.00. The molecule has 2 bridgehead atoms. The summed E-state index contributed by atoms with van der Waals surface area (Å²) in [6.45, 7) is 3.51. The lowest BCUT2D eigenvalue weighted by atomic mass is 9.72. The molecular weight excluding hydrogens is 242 g/mol. The molecule has 1 aliphatic carbocycles. The summed E-state index contributed by atoms with van der Waals surface area (Å²) in [4.78, 5) is 2.53. The van der Waals surface area contributed by atoms with E-state index in [0.717, 1.165) is 10.9 Å². The van der Waals surface area contributed by atoms with Crippen LogP contribution in [0.25, 0.3) is 0 Å². The molecule has 0 amide bonds. The summed E-state index contributed by atoms with van der Waals surface area (Å²) in [6, 6.07) is 8.92. The molecule has 1 aromatic carbocycles. The summed E-state index contributed by atoms with van der Waals surface area (Å²) in [6.07, 6.45) is 5.06. The van der Waals surface area contributed by atoms with Crippen LogP contribution in [0.15, 0.2) is 35.9 Å². The van der Waals surface area contributed by atoms with Crippen molar-refractivity contribution in [2.45, 2.75) is 25.8 Å². The number of allylic oxidation sites excluding steroid dienone is 1. The van der Waals surface area contributed by atoms with E-state index in [1.807, 2.05) is 12.1 Å². The third kappa shape index (κ3) is 2.10. The minimum Gasteiger partial charge on any atom is -0.298 e. The van der Waals surface area contributed by atoms with Crippen LogP contribution in [0.4, 0.5) is 0 Å². The number of hydrogen-bond donors (Lipinski definition) is 0. The summed E-state index contributed by atoms with van der Waals surface area (Å²) in [5, 5.41) is 0.825. The van der Waals surface area contributed by atoms with E-state index in [4.69, 9.17) is 11.6 Å². The number of benzene rings is 1. The van der Waals surface area contributed by atoms with Gasteiger partial charge in [0.1, 0.15) is 0 Å². The maximum Gasteiger partial charge on any atom is 0.0410 e. The summed E-state index contributed by atoms with van der Waals surface area (Å²) < 4.78 is 0. The zero-order chi connectivity index (χ0) is 12.7. The van der Waals surface area contributed by atoms with E-state index in [1.165, 1.54) is 24.9 Å². The normalized spacial score (nSPS) is 32.2. The second kappa shape index (κ2) is 4.71. The molecule has 1 aromatic rings. The fraction of sp³-hybridized carbons (Fsp3) is 0.500. The Hall–Kier alpha value is -0.790. The van der Waals surface area contributed by atoms with Gasteiger partial charge in [0.05, 0.1) is 0 Å². The number of likely N-dealkylation sites (tertiary alicyclic amines) is 1. The van der Waals surface area contributed by atoms with E-state index < -0.39 is 0 Å². The highest BCUT2D eigenvalue weighted by molar-refractivity contribution is 6.30. The van der Waals surface area contributed by atoms with Crippen molar-refractivity contribution >= 4 is 11.6 Å². The first-order valence-electron chi connectivity index (χ1n) is 6.77. The highest BCUT2D eigenvalue weighted by atomic mass is 35.5. The molecule has 0 radical (unpaired) electrons. The van der Waals surface area contributed by atoms with Crippen LogP contribution < -0.4 is 0 Å². The molecule has 1 aliphatic heterocycles. The molecule has 0 saturated carbocycles. The zero-order valence-corrected chi connectivity index (χ0v) is 11.8. The highest BCUT2D eigenvalue weighted by Crippen LogP contribution is 2.45. The molecule has 3 rings (SSSR count). The Morgan fingerprint density at radius 3 is 2.67 bits per heavy atom. The number of halogens is 1. The molecule has 3 atom stereocenters. The van der Waals surface area contributed by atoms with Crippen molar-refractivity contribution in [2.75, 3.05) is 13.6 Å². The van der Waals surface area contributed by atoms with Gasteiger partial charge < -0.3 is 0 Å². The van der Waals surface area contributed by atoms with Gasteiger partial charge in [0, 0.05) is 17.6 Å². The van der Waals surface area contributed by atoms with Crippen molar-refractivity contribution in [3.05, 3.63) is 46.5 Å². The van der Waals surface area contributed by atoms with Crippen LogP contribution in [0.5, 0.6) is 0 Å². The Morgan fingerprint density at radius 1 is 1.22 bits per heavy atom. The van der Waals surface area contributed by atoms with Crippen molar-refractivity contribution in [3.8, 4) is 0 Å². The average Bonchev–Trinajstić information content (AvgIpc) is 2.36. The van der Waals surface area contributed by atoms with Crippen LogP contribution in [-0.2, 0) is 0 Å². The van der Waals surface area contributed by atoms with Gasteiger partial charge >= 0.3 is 0 Å². The van der Waals surface area contributed by atoms with E-state index in [9.17, 15) is 0 Å². The van der Waals surface area contributed by atoms with E-state index in [-0.39, 0.29) is 0 Å². The molecule has 1 nitrogen and oxygen atoms in total. The van der Waals surface area contributed by atoms with E-state index in [1.54, 1.807) is 5.57 Å². The number of nitrogens with zero attached hydrogens (tertiary/aromatic N) is 1. The molecule has 2 aliphatic rings. The molecule has 1 fully saturated rings. The smallest absolute Gasteiger partial charge is 0.0410 e. The molecule has 1 saturated heterocycles. The van der Waals surface area contributed by atoms with Crippen molar-refractivity contribution in [2.24, 2.45) is 11.8 Å². The summed E-state index contributed by atoms with van der Waals surface area (Å²) in [5.74, 6) is 1.54. The van der Waals surface area contributed by atoms with E-state index >= 15 is 0 Å². The molecule has 1 heterocycles. The second-order valence-corrected chi connectivity index (χ2v) is 6.26. The minimum absolute atomic E-state index is 0.523. The largest absolute Gasteiger partial charge is 0.298 e. The standard InChI is InChI=1S/C16H20ClN/c1-11-3-4-12-9-15(11)16(18(2)10-12)13-5-7-14(17)8-6-13/h3,5-8,12,15-16H,4,9-10H2,1-2H3. The topological polar surface area (TPSA) is 3.24 Å².